The third kappa shape index (κ3) is 2.63. The summed E-state index contributed by atoms with van der Waals surface area (Å²) in [5.74, 6) is 0.880. The number of rotatable bonds is 5. The first kappa shape index (κ1) is 14.1. The highest BCUT2D eigenvalue weighted by atomic mass is 16.5. The summed E-state index contributed by atoms with van der Waals surface area (Å²) < 4.78 is 10.8. The van der Waals surface area contributed by atoms with Gasteiger partial charge in [-0.3, -0.25) is 4.79 Å². The smallest absolute Gasteiger partial charge is 0.229 e. The molecule has 5 heteroatoms. The van der Waals surface area contributed by atoms with Crippen molar-refractivity contribution in [3.63, 3.8) is 0 Å². The minimum Gasteiger partial charge on any atom is -0.467 e. The van der Waals surface area contributed by atoms with Crippen molar-refractivity contribution in [2.75, 3.05) is 0 Å². The topological polar surface area (TPSA) is 59.5 Å². The van der Waals surface area contributed by atoms with Crippen LogP contribution >= 0.6 is 0 Å². The Kier molecular flexibility index (Phi) is 3.41. The number of carbonyl (C=O) groups is 1. The van der Waals surface area contributed by atoms with Crippen LogP contribution in [0.25, 0.3) is 11.0 Å². The fraction of sp³-hybridized carbons (Fsp3) is 0.333. The first-order chi connectivity index (χ1) is 11.2. The van der Waals surface area contributed by atoms with Crippen LogP contribution in [0.1, 0.15) is 37.3 Å². The van der Waals surface area contributed by atoms with Crippen LogP contribution in [0.2, 0.25) is 0 Å². The van der Waals surface area contributed by atoms with Crippen molar-refractivity contribution in [2.24, 2.45) is 0 Å². The van der Waals surface area contributed by atoms with Gasteiger partial charge >= 0.3 is 0 Å². The van der Waals surface area contributed by atoms with Crippen LogP contribution in [0.5, 0.6) is 0 Å². The molecule has 1 amide bonds. The molecule has 1 fully saturated rings. The van der Waals surface area contributed by atoms with Crippen LogP contribution in [0.15, 0.2) is 51.6 Å². The van der Waals surface area contributed by atoms with Gasteiger partial charge in [0.05, 0.1) is 18.7 Å². The molecule has 0 N–H and O–H groups in total. The van der Waals surface area contributed by atoms with Gasteiger partial charge in [0.25, 0.3) is 0 Å². The lowest BCUT2D eigenvalue weighted by atomic mass is 10.1. The van der Waals surface area contributed by atoms with Crippen molar-refractivity contribution >= 4 is 16.9 Å². The van der Waals surface area contributed by atoms with Crippen LogP contribution in [0.4, 0.5) is 0 Å². The minimum atomic E-state index is -0.0665. The maximum absolute atomic E-state index is 12.9. The van der Waals surface area contributed by atoms with E-state index in [1.807, 2.05) is 48.2 Å². The largest absolute Gasteiger partial charge is 0.467 e. The Morgan fingerprint density at radius 2 is 2.13 bits per heavy atom. The number of hydrogen-bond donors (Lipinski definition) is 0. The average molecular weight is 310 g/mol. The van der Waals surface area contributed by atoms with Gasteiger partial charge in [0, 0.05) is 11.4 Å². The summed E-state index contributed by atoms with van der Waals surface area (Å²) in [7, 11) is 0. The summed E-state index contributed by atoms with van der Waals surface area (Å²) in [6.45, 7) is 2.01. The quantitative estimate of drug-likeness (QED) is 0.720. The zero-order chi connectivity index (χ0) is 15.8. The number of furan rings is 1. The number of para-hydroxylation sites is 1. The molecule has 0 aliphatic heterocycles. The van der Waals surface area contributed by atoms with Crippen molar-refractivity contribution in [3.05, 3.63) is 54.1 Å². The normalized spacial score (nSPS) is 15.7. The highest BCUT2D eigenvalue weighted by Gasteiger charge is 2.37. The molecule has 0 unspecified atom stereocenters. The first-order valence-electron chi connectivity index (χ1n) is 7.92. The molecule has 0 radical (unpaired) electrons. The molecule has 3 aromatic rings. The number of fused-ring (bicyclic) bond motifs is 1. The molecule has 0 spiro atoms. The Labute approximate surface area is 133 Å². The Hall–Kier alpha value is -2.56. The molecule has 1 saturated carbocycles. The van der Waals surface area contributed by atoms with E-state index < -0.39 is 0 Å². The summed E-state index contributed by atoms with van der Waals surface area (Å²) in [5.41, 5.74) is 1.41. The Bertz CT molecular complexity index is 818. The molecule has 1 atom stereocenters. The monoisotopic (exact) mass is 310 g/mol. The zero-order valence-corrected chi connectivity index (χ0v) is 12.9. The minimum absolute atomic E-state index is 0.0652. The molecule has 118 valence electrons. The van der Waals surface area contributed by atoms with E-state index in [9.17, 15) is 4.79 Å². The van der Waals surface area contributed by atoms with E-state index in [2.05, 4.69) is 5.16 Å². The Balaban J connectivity index is 1.58. The number of benzene rings is 1. The fourth-order valence-corrected chi connectivity index (χ4v) is 3.05. The maximum Gasteiger partial charge on any atom is 0.229 e. The van der Waals surface area contributed by atoms with Crippen LogP contribution < -0.4 is 0 Å². The lowest BCUT2D eigenvalue weighted by Crippen LogP contribution is -2.36. The second-order valence-corrected chi connectivity index (χ2v) is 6.03. The molecule has 0 saturated heterocycles. The number of amides is 1. The third-order valence-corrected chi connectivity index (χ3v) is 4.37. The molecule has 2 aromatic heterocycles. The maximum atomic E-state index is 12.9. The molecule has 4 rings (SSSR count). The first-order valence-corrected chi connectivity index (χ1v) is 7.92. The van der Waals surface area contributed by atoms with Crippen molar-refractivity contribution in [3.8, 4) is 0 Å². The summed E-state index contributed by atoms with van der Waals surface area (Å²) in [5, 5.41) is 4.98. The van der Waals surface area contributed by atoms with Crippen LogP contribution in [0.3, 0.4) is 0 Å². The second kappa shape index (κ2) is 5.57. The van der Waals surface area contributed by atoms with Gasteiger partial charge in [0.2, 0.25) is 5.91 Å². The average Bonchev–Trinajstić information content (AvgIpc) is 3.09. The van der Waals surface area contributed by atoms with Gasteiger partial charge in [-0.05, 0) is 44.0 Å². The van der Waals surface area contributed by atoms with E-state index in [-0.39, 0.29) is 18.4 Å². The van der Waals surface area contributed by atoms with Gasteiger partial charge in [-0.25, -0.2) is 0 Å². The zero-order valence-electron chi connectivity index (χ0n) is 12.9. The standard InChI is InChI=1S/C18H18N2O3/c1-12(16-7-4-10-22-16)20(13-8-9-13)18(21)11-15-14-5-2-3-6-17(14)23-19-15/h2-7,10,12-13H,8-9,11H2,1H3/t12-/m1/s1. The van der Waals surface area contributed by atoms with E-state index in [1.54, 1.807) is 6.26 Å². The van der Waals surface area contributed by atoms with Crippen molar-refractivity contribution < 1.29 is 13.7 Å². The fourth-order valence-electron chi connectivity index (χ4n) is 3.05. The van der Waals surface area contributed by atoms with Crippen molar-refractivity contribution in [1.29, 1.82) is 0 Å². The van der Waals surface area contributed by atoms with Crippen LogP contribution in [-0.2, 0) is 11.2 Å². The van der Waals surface area contributed by atoms with Crippen LogP contribution in [0, 0.1) is 0 Å². The van der Waals surface area contributed by atoms with Gasteiger partial charge < -0.3 is 13.8 Å². The predicted molar refractivity (Wildman–Crippen MR) is 84.7 cm³/mol. The Morgan fingerprint density at radius 1 is 1.30 bits per heavy atom. The highest BCUT2D eigenvalue weighted by Crippen LogP contribution is 2.35. The molecule has 1 aliphatic carbocycles. The molecule has 23 heavy (non-hydrogen) atoms. The number of carbonyl (C=O) groups excluding carboxylic acids is 1. The molecule has 1 aromatic carbocycles. The summed E-state index contributed by atoms with van der Waals surface area (Å²) in [6.07, 6.45) is 4.00. The van der Waals surface area contributed by atoms with Gasteiger partial charge in [0.1, 0.15) is 11.5 Å². The third-order valence-electron chi connectivity index (χ3n) is 4.37. The van der Waals surface area contributed by atoms with Gasteiger partial charge in [0.15, 0.2) is 5.58 Å². The second-order valence-electron chi connectivity index (χ2n) is 6.03. The lowest BCUT2D eigenvalue weighted by molar-refractivity contribution is -0.133. The molecule has 5 nitrogen and oxygen atoms in total. The number of hydrogen-bond acceptors (Lipinski definition) is 4. The SMILES string of the molecule is C[C@H](c1ccco1)N(C(=O)Cc1noc2ccccc12)C1CC1. The molecule has 2 heterocycles. The lowest BCUT2D eigenvalue weighted by Gasteiger charge is -2.27. The van der Waals surface area contributed by atoms with Crippen molar-refractivity contribution in [2.45, 2.75) is 38.3 Å². The predicted octanol–water partition coefficient (Wildman–Crippen LogP) is 3.72. The van der Waals surface area contributed by atoms with Gasteiger partial charge in [-0.1, -0.05) is 17.3 Å². The van der Waals surface area contributed by atoms with E-state index in [0.29, 0.717) is 17.3 Å². The van der Waals surface area contributed by atoms with Crippen LogP contribution in [-0.4, -0.2) is 22.0 Å². The molecule has 1 aliphatic rings. The van der Waals surface area contributed by atoms with E-state index >= 15 is 0 Å². The molecular weight excluding hydrogens is 292 g/mol. The van der Waals surface area contributed by atoms with Gasteiger partial charge in [-0.2, -0.15) is 0 Å². The van der Waals surface area contributed by atoms with E-state index in [4.69, 9.17) is 8.94 Å². The number of nitrogens with zero attached hydrogens (tertiary/aromatic N) is 2. The summed E-state index contributed by atoms with van der Waals surface area (Å²) >= 11 is 0. The van der Waals surface area contributed by atoms with E-state index in [1.165, 1.54) is 0 Å². The molecule has 0 bridgehead atoms. The highest BCUT2D eigenvalue weighted by molar-refractivity contribution is 5.86. The molecular formula is C18H18N2O3. The Morgan fingerprint density at radius 3 is 2.87 bits per heavy atom. The summed E-state index contributed by atoms with van der Waals surface area (Å²) in [6, 6.07) is 11.6. The number of aromatic nitrogens is 1. The summed E-state index contributed by atoms with van der Waals surface area (Å²) in [4.78, 5) is 14.8. The van der Waals surface area contributed by atoms with Crippen molar-refractivity contribution in [1.82, 2.24) is 10.1 Å². The van der Waals surface area contributed by atoms with Gasteiger partial charge in [-0.15, -0.1) is 0 Å². The van der Waals surface area contributed by atoms with E-state index in [0.717, 1.165) is 24.0 Å².